The highest BCUT2D eigenvalue weighted by atomic mass is 32.1. The van der Waals surface area contributed by atoms with Crippen LogP contribution in [0.15, 0.2) is 24.5 Å². The summed E-state index contributed by atoms with van der Waals surface area (Å²) in [6.07, 6.45) is 5.69. The monoisotopic (exact) mass is 318 g/mol. The largest absolute Gasteiger partial charge is 0.376 e. The van der Waals surface area contributed by atoms with Gasteiger partial charge in [-0.15, -0.1) is 0 Å². The molecule has 116 valence electrons. The first-order valence-corrected chi connectivity index (χ1v) is 8.08. The van der Waals surface area contributed by atoms with Crippen molar-refractivity contribution in [1.29, 1.82) is 0 Å². The van der Waals surface area contributed by atoms with Crippen LogP contribution in [0.2, 0.25) is 0 Å². The van der Waals surface area contributed by atoms with E-state index >= 15 is 0 Å². The predicted molar refractivity (Wildman–Crippen MR) is 86.1 cm³/mol. The predicted octanol–water partition coefficient (Wildman–Crippen LogP) is 2.81. The third-order valence-corrected chi connectivity index (χ3v) is 4.60. The third kappa shape index (κ3) is 3.61. The molecule has 0 aliphatic carbocycles. The Labute approximate surface area is 132 Å². The summed E-state index contributed by atoms with van der Waals surface area (Å²) in [5, 5.41) is 6.20. The molecule has 0 radical (unpaired) electrons. The van der Waals surface area contributed by atoms with Gasteiger partial charge in [0.2, 0.25) is 0 Å². The van der Waals surface area contributed by atoms with Gasteiger partial charge in [-0.1, -0.05) is 11.3 Å². The van der Waals surface area contributed by atoms with Gasteiger partial charge in [0.1, 0.15) is 0 Å². The molecule has 2 aromatic heterocycles. The lowest BCUT2D eigenvalue weighted by atomic mass is 10.2. The normalized spacial score (nSPS) is 17.4. The molecule has 6 nitrogen and oxygen atoms in total. The second kappa shape index (κ2) is 6.85. The lowest BCUT2D eigenvalue weighted by molar-refractivity contribution is 0.112. The molecule has 3 rings (SSSR count). The number of aromatic nitrogens is 2. The number of anilines is 1. The number of pyridine rings is 1. The SMILES string of the molecule is Cc1nc(NC(=O)NCC2CCCO2)sc1-c1ccncc1. The number of hydrogen-bond acceptors (Lipinski definition) is 5. The van der Waals surface area contributed by atoms with E-state index in [0.29, 0.717) is 11.7 Å². The molecule has 0 spiro atoms. The van der Waals surface area contributed by atoms with E-state index in [4.69, 9.17) is 4.74 Å². The highest BCUT2D eigenvalue weighted by Gasteiger charge is 2.17. The minimum Gasteiger partial charge on any atom is -0.376 e. The minimum absolute atomic E-state index is 0.135. The molecular formula is C15H18N4O2S. The lowest BCUT2D eigenvalue weighted by Gasteiger charge is -2.10. The molecule has 1 fully saturated rings. The zero-order valence-corrected chi connectivity index (χ0v) is 13.2. The Bertz CT molecular complexity index is 638. The number of rotatable bonds is 4. The number of carbonyl (C=O) groups excluding carboxylic acids is 1. The van der Waals surface area contributed by atoms with Crippen molar-refractivity contribution in [3.05, 3.63) is 30.2 Å². The molecule has 1 aliphatic heterocycles. The van der Waals surface area contributed by atoms with Gasteiger partial charge in [0, 0.05) is 25.5 Å². The molecule has 3 heterocycles. The summed E-state index contributed by atoms with van der Waals surface area (Å²) in [6.45, 7) is 3.25. The summed E-state index contributed by atoms with van der Waals surface area (Å²) in [6, 6.07) is 3.62. The molecule has 1 aliphatic rings. The van der Waals surface area contributed by atoms with Crippen molar-refractivity contribution in [1.82, 2.24) is 15.3 Å². The maximum absolute atomic E-state index is 11.9. The van der Waals surface area contributed by atoms with Gasteiger partial charge in [-0.2, -0.15) is 0 Å². The number of ether oxygens (including phenoxy) is 1. The van der Waals surface area contributed by atoms with Crippen molar-refractivity contribution in [2.24, 2.45) is 0 Å². The molecule has 1 saturated heterocycles. The van der Waals surface area contributed by atoms with Crippen molar-refractivity contribution in [3.63, 3.8) is 0 Å². The Morgan fingerprint density at radius 1 is 1.45 bits per heavy atom. The Balaban J connectivity index is 1.59. The number of aryl methyl sites for hydroxylation is 1. The standard InChI is InChI=1S/C15H18N4O2S/c1-10-13(11-4-6-16-7-5-11)22-15(18-10)19-14(20)17-9-12-3-2-8-21-12/h4-7,12H,2-3,8-9H2,1H3,(H2,17,18,19,20). The highest BCUT2D eigenvalue weighted by molar-refractivity contribution is 7.19. The van der Waals surface area contributed by atoms with Gasteiger partial charge in [0.15, 0.2) is 5.13 Å². The van der Waals surface area contributed by atoms with Crippen molar-refractivity contribution in [2.75, 3.05) is 18.5 Å². The van der Waals surface area contributed by atoms with E-state index in [9.17, 15) is 4.79 Å². The number of carbonyl (C=O) groups is 1. The lowest BCUT2D eigenvalue weighted by Crippen LogP contribution is -2.34. The second-order valence-electron chi connectivity index (χ2n) is 5.14. The van der Waals surface area contributed by atoms with Crippen LogP contribution in [0.1, 0.15) is 18.5 Å². The summed E-state index contributed by atoms with van der Waals surface area (Å²) in [5.41, 5.74) is 1.95. The van der Waals surface area contributed by atoms with Gasteiger partial charge < -0.3 is 10.1 Å². The van der Waals surface area contributed by atoms with Crippen LogP contribution in [-0.2, 0) is 4.74 Å². The van der Waals surface area contributed by atoms with E-state index < -0.39 is 0 Å². The van der Waals surface area contributed by atoms with Gasteiger partial charge in [-0.25, -0.2) is 9.78 Å². The van der Waals surface area contributed by atoms with E-state index in [1.807, 2.05) is 19.1 Å². The molecule has 0 saturated carbocycles. The number of nitrogens with zero attached hydrogens (tertiary/aromatic N) is 2. The van der Waals surface area contributed by atoms with Crippen molar-refractivity contribution in [3.8, 4) is 10.4 Å². The Hall–Kier alpha value is -1.99. The topological polar surface area (TPSA) is 76.1 Å². The fourth-order valence-corrected chi connectivity index (χ4v) is 3.34. The average Bonchev–Trinajstić information content (AvgIpc) is 3.16. The van der Waals surface area contributed by atoms with E-state index in [2.05, 4.69) is 20.6 Å². The Morgan fingerprint density at radius 2 is 2.27 bits per heavy atom. The van der Waals surface area contributed by atoms with Crippen LogP contribution in [0.5, 0.6) is 0 Å². The summed E-state index contributed by atoms with van der Waals surface area (Å²) < 4.78 is 5.47. The fraction of sp³-hybridized carbons (Fsp3) is 0.400. The van der Waals surface area contributed by atoms with Gasteiger partial charge in [0.25, 0.3) is 0 Å². The smallest absolute Gasteiger partial charge is 0.321 e. The second-order valence-corrected chi connectivity index (χ2v) is 6.14. The molecule has 22 heavy (non-hydrogen) atoms. The molecule has 1 unspecified atom stereocenters. The number of nitrogens with one attached hydrogen (secondary N) is 2. The van der Waals surface area contributed by atoms with E-state index in [0.717, 1.165) is 35.6 Å². The molecule has 2 amide bonds. The first kappa shape index (κ1) is 14.9. The van der Waals surface area contributed by atoms with Gasteiger partial charge in [0.05, 0.1) is 16.7 Å². The highest BCUT2D eigenvalue weighted by Crippen LogP contribution is 2.32. The zero-order valence-electron chi connectivity index (χ0n) is 12.3. The van der Waals surface area contributed by atoms with Crippen molar-refractivity contribution in [2.45, 2.75) is 25.9 Å². The maximum Gasteiger partial charge on any atom is 0.321 e. The summed E-state index contributed by atoms with van der Waals surface area (Å²) in [7, 11) is 0. The van der Waals surface area contributed by atoms with E-state index in [1.165, 1.54) is 11.3 Å². The molecule has 7 heteroatoms. The number of urea groups is 1. The van der Waals surface area contributed by atoms with Crippen LogP contribution in [-0.4, -0.2) is 35.3 Å². The first-order valence-electron chi connectivity index (χ1n) is 7.26. The van der Waals surface area contributed by atoms with E-state index in [1.54, 1.807) is 12.4 Å². The van der Waals surface area contributed by atoms with Crippen LogP contribution >= 0.6 is 11.3 Å². The zero-order chi connectivity index (χ0) is 15.4. The Kier molecular flexibility index (Phi) is 4.65. The van der Waals surface area contributed by atoms with Crippen LogP contribution < -0.4 is 10.6 Å². The number of thiazole rings is 1. The summed E-state index contributed by atoms with van der Waals surface area (Å²) in [4.78, 5) is 21.4. The van der Waals surface area contributed by atoms with Gasteiger partial charge in [-0.3, -0.25) is 10.3 Å². The van der Waals surface area contributed by atoms with Gasteiger partial charge in [-0.05, 0) is 37.5 Å². The molecule has 2 N–H and O–H groups in total. The maximum atomic E-state index is 11.9. The van der Waals surface area contributed by atoms with Crippen LogP contribution in [0.25, 0.3) is 10.4 Å². The van der Waals surface area contributed by atoms with Crippen molar-refractivity contribution >= 4 is 22.5 Å². The molecule has 0 bridgehead atoms. The van der Waals surface area contributed by atoms with Crippen molar-refractivity contribution < 1.29 is 9.53 Å². The molecule has 2 aromatic rings. The van der Waals surface area contributed by atoms with E-state index in [-0.39, 0.29) is 12.1 Å². The first-order chi connectivity index (χ1) is 10.7. The number of hydrogen-bond donors (Lipinski definition) is 2. The van der Waals surface area contributed by atoms with Crippen LogP contribution in [0.4, 0.5) is 9.93 Å². The molecule has 1 atom stereocenters. The molecular weight excluding hydrogens is 300 g/mol. The fourth-order valence-electron chi connectivity index (χ4n) is 2.37. The van der Waals surface area contributed by atoms with Crippen LogP contribution in [0, 0.1) is 6.92 Å². The van der Waals surface area contributed by atoms with Gasteiger partial charge >= 0.3 is 6.03 Å². The number of amides is 2. The Morgan fingerprint density at radius 3 is 3.00 bits per heavy atom. The average molecular weight is 318 g/mol. The van der Waals surface area contributed by atoms with Crippen LogP contribution in [0.3, 0.4) is 0 Å². The summed E-state index contributed by atoms with van der Waals surface area (Å²) in [5.74, 6) is 0. The third-order valence-electron chi connectivity index (χ3n) is 3.47. The summed E-state index contributed by atoms with van der Waals surface area (Å²) >= 11 is 1.46. The molecule has 0 aromatic carbocycles. The quantitative estimate of drug-likeness (QED) is 0.909. The minimum atomic E-state index is -0.245.